The minimum atomic E-state index is -0.846. The maximum atomic E-state index is 12.4. The summed E-state index contributed by atoms with van der Waals surface area (Å²) in [6, 6.07) is -0.361. The van der Waals surface area contributed by atoms with E-state index in [2.05, 4.69) is 15.3 Å². The van der Waals surface area contributed by atoms with Gasteiger partial charge in [0.1, 0.15) is 5.82 Å². The van der Waals surface area contributed by atoms with E-state index in [1.807, 2.05) is 20.8 Å². The van der Waals surface area contributed by atoms with Gasteiger partial charge in [0.2, 0.25) is 0 Å². The van der Waals surface area contributed by atoms with Crippen molar-refractivity contribution < 1.29 is 14.7 Å². The zero-order valence-corrected chi connectivity index (χ0v) is 12.8. The summed E-state index contributed by atoms with van der Waals surface area (Å²) in [4.78, 5) is 31.7. The molecule has 0 aromatic carbocycles. The van der Waals surface area contributed by atoms with Gasteiger partial charge in [-0.1, -0.05) is 6.92 Å². The lowest BCUT2D eigenvalue weighted by atomic mass is 10.2. The van der Waals surface area contributed by atoms with Crippen LogP contribution in [0.15, 0.2) is 12.4 Å². The number of aromatic amines is 1. The summed E-state index contributed by atoms with van der Waals surface area (Å²) in [7, 11) is 0. The Hall–Kier alpha value is -2.05. The van der Waals surface area contributed by atoms with E-state index in [0.29, 0.717) is 13.0 Å². The predicted octanol–water partition coefficient (Wildman–Crippen LogP) is 2.15. The van der Waals surface area contributed by atoms with Crippen LogP contribution in [0.3, 0.4) is 0 Å². The second-order valence-corrected chi connectivity index (χ2v) is 5.17. The van der Waals surface area contributed by atoms with Gasteiger partial charge in [0.15, 0.2) is 0 Å². The van der Waals surface area contributed by atoms with Crippen LogP contribution in [0.25, 0.3) is 0 Å². The van der Waals surface area contributed by atoms with E-state index < -0.39 is 5.97 Å². The molecule has 21 heavy (non-hydrogen) atoms. The summed E-state index contributed by atoms with van der Waals surface area (Å²) in [5, 5.41) is 11.6. The number of carboxylic acids is 1. The number of hydrogen-bond donors (Lipinski definition) is 3. The molecule has 0 saturated carbocycles. The summed E-state index contributed by atoms with van der Waals surface area (Å²) >= 11 is 0. The van der Waals surface area contributed by atoms with Crippen molar-refractivity contribution in [2.24, 2.45) is 0 Å². The molecule has 2 amide bonds. The second kappa shape index (κ2) is 8.28. The Labute approximate surface area is 124 Å². The molecule has 1 rings (SSSR count). The van der Waals surface area contributed by atoms with E-state index in [-0.39, 0.29) is 24.5 Å². The van der Waals surface area contributed by atoms with Crippen LogP contribution in [-0.4, -0.2) is 44.6 Å². The summed E-state index contributed by atoms with van der Waals surface area (Å²) in [6.07, 6.45) is 4.60. The average Bonchev–Trinajstić information content (AvgIpc) is 2.93. The highest BCUT2D eigenvalue weighted by atomic mass is 16.4. The number of urea groups is 1. The van der Waals surface area contributed by atoms with Gasteiger partial charge in [-0.2, -0.15) is 0 Å². The zero-order valence-electron chi connectivity index (χ0n) is 12.8. The van der Waals surface area contributed by atoms with Gasteiger partial charge >= 0.3 is 12.0 Å². The molecule has 3 N–H and O–H groups in total. The molecule has 0 aliphatic rings. The minimum Gasteiger partial charge on any atom is -0.481 e. The van der Waals surface area contributed by atoms with Gasteiger partial charge < -0.3 is 20.3 Å². The van der Waals surface area contributed by atoms with Crippen molar-refractivity contribution >= 4 is 12.0 Å². The highest BCUT2D eigenvalue weighted by Gasteiger charge is 2.21. The van der Waals surface area contributed by atoms with Crippen molar-refractivity contribution in [3.8, 4) is 0 Å². The number of aliphatic carboxylic acids is 1. The van der Waals surface area contributed by atoms with E-state index >= 15 is 0 Å². The number of carbonyl (C=O) groups excluding carboxylic acids is 1. The van der Waals surface area contributed by atoms with E-state index in [4.69, 9.17) is 5.11 Å². The molecule has 118 valence electrons. The Morgan fingerprint density at radius 2 is 2.19 bits per heavy atom. The topological polar surface area (TPSA) is 98.3 Å². The third-order valence-corrected chi connectivity index (χ3v) is 3.23. The number of imidazole rings is 1. The number of aromatic nitrogens is 2. The number of carboxylic acid groups (broad SMARTS) is 1. The molecule has 0 radical (unpaired) electrons. The van der Waals surface area contributed by atoms with Crippen molar-refractivity contribution in [2.45, 2.75) is 52.1 Å². The fourth-order valence-corrected chi connectivity index (χ4v) is 2.06. The van der Waals surface area contributed by atoms with Gasteiger partial charge in [0, 0.05) is 31.4 Å². The number of carbonyl (C=O) groups is 2. The molecule has 0 fully saturated rings. The molecule has 7 nitrogen and oxygen atoms in total. The van der Waals surface area contributed by atoms with Crippen molar-refractivity contribution in [1.82, 2.24) is 20.2 Å². The SMILES string of the molecule is CCC(NC(=O)N(CCCC(=O)O)C(C)C)c1ncc[nH]1. The predicted molar refractivity (Wildman–Crippen MR) is 78.9 cm³/mol. The Balaban J connectivity index is 2.61. The van der Waals surface area contributed by atoms with E-state index in [0.717, 1.165) is 12.2 Å². The number of nitrogens with one attached hydrogen (secondary N) is 2. The quantitative estimate of drug-likeness (QED) is 0.684. The first-order valence-electron chi connectivity index (χ1n) is 7.23. The monoisotopic (exact) mass is 296 g/mol. The van der Waals surface area contributed by atoms with Crippen LogP contribution in [0.1, 0.15) is 51.9 Å². The lowest BCUT2D eigenvalue weighted by Gasteiger charge is -2.28. The van der Waals surface area contributed by atoms with Crippen LogP contribution < -0.4 is 5.32 Å². The van der Waals surface area contributed by atoms with Crippen molar-refractivity contribution in [1.29, 1.82) is 0 Å². The average molecular weight is 296 g/mol. The smallest absolute Gasteiger partial charge is 0.318 e. The van der Waals surface area contributed by atoms with Gasteiger partial charge in [-0.25, -0.2) is 9.78 Å². The molecule has 0 saturated heterocycles. The maximum absolute atomic E-state index is 12.4. The molecular formula is C14H24N4O3. The first kappa shape index (κ1) is 17.0. The van der Waals surface area contributed by atoms with Crippen LogP contribution in [0, 0.1) is 0 Å². The highest BCUT2D eigenvalue weighted by Crippen LogP contribution is 2.13. The molecule has 7 heteroatoms. The van der Waals surface area contributed by atoms with Crippen molar-refractivity contribution in [2.75, 3.05) is 6.54 Å². The lowest BCUT2D eigenvalue weighted by molar-refractivity contribution is -0.137. The third kappa shape index (κ3) is 5.45. The second-order valence-electron chi connectivity index (χ2n) is 5.17. The van der Waals surface area contributed by atoms with Crippen molar-refractivity contribution in [3.05, 3.63) is 18.2 Å². The standard InChI is InChI=1S/C14H24N4O3/c1-4-11(13-15-7-8-16-13)17-14(21)18(10(2)3)9-5-6-12(19)20/h7-8,10-11H,4-6,9H2,1-3H3,(H,15,16)(H,17,21)(H,19,20). The van der Waals surface area contributed by atoms with E-state index in [1.165, 1.54) is 0 Å². The largest absolute Gasteiger partial charge is 0.481 e. The van der Waals surface area contributed by atoms with Gasteiger partial charge in [0.05, 0.1) is 6.04 Å². The van der Waals surface area contributed by atoms with Gasteiger partial charge in [-0.15, -0.1) is 0 Å². The van der Waals surface area contributed by atoms with Crippen LogP contribution >= 0.6 is 0 Å². The molecule has 0 aliphatic heterocycles. The molecule has 0 aliphatic carbocycles. The third-order valence-electron chi connectivity index (χ3n) is 3.23. The minimum absolute atomic E-state index is 0.00732. The zero-order chi connectivity index (χ0) is 15.8. The Kier molecular flexibility index (Phi) is 6.71. The molecule has 1 aromatic heterocycles. The summed E-state index contributed by atoms with van der Waals surface area (Å²) in [5.41, 5.74) is 0. The lowest BCUT2D eigenvalue weighted by Crippen LogP contribution is -2.45. The first-order chi connectivity index (χ1) is 9.95. The van der Waals surface area contributed by atoms with Crippen LogP contribution in [0.5, 0.6) is 0 Å². The number of nitrogens with zero attached hydrogens (tertiary/aromatic N) is 2. The van der Waals surface area contributed by atoms with Gasteiger partial charge in [-0.3, -0.25) is 4.79 Å². The van der Waals surface area contributed by atoms with Crippen LogP contribution in [0.2, 0.25) is 0 Å². The fraction of sp³-hybridized carbons (Fsp3) is 0.643. The molecule has 0 spiro atoms. The number of rotatable bonds is 8. The molecule has 1 atom stereocenters. The van der Waals surface area contributed by atoms with E-state index in [1.54, 1.807) is 17.3 Å². The van der Waals surface area contributed by atoms with Gasteiger partial charge in [0.25, 0.3) is 0 Å². The van der Waals surface area contributed by atoms with Gasteiger partial charge in [-0.05, 0) is 26.7 Å². The molecular weight excluding hydrogens is 272 g/mol. The Bertz CT molecular complexity index is 445. The summed E-state index contributed by atoms with van der Waals surface area (Å²) < 4.78 is 0. The number of amides is 2. The highest BCUT2D eigenvalue weighted by molar-refractivity contribution is 5.75. The van der Waals surface area contributed by atoms with E-state index in [9.17, 15) is 9.59 Å². The normalized spacial score (nSPS) is 12.2. The molecule has 0 bridgehead atoms. The molecule has 1 unspecified atom stereocenters. The first-order valence-corrected chi connectivity index (χ1v) is 7.23. The van der Waals surface area contributed by atoms with Crippen LogP contribution in [-0.2, 0) is 4.79 Å². The van der Waals surface area contributed by atoms with Crippen molar-refractivity contribution in [3.63, 3.8) is 0 Å². The fourth-order valence-electron chi connectivity index (χ4n) is 2.06. The number of H-pyrrole nitrogens is 1. The Morgan fingerprint density at radius 3 is 2.67 bits per heavy atom. The molecule has 1 heterocycles. The Morgan fingerprint density at radius 1 is 1.48 bits per heavy atom. The maximum Gasteiger partial charge on any atom is 0.318 e. The summed E-state index contributed by atoms with van der Waals surface area (Å²) in [5.74, 6) is -0.124. The number of hydrogen-bond acceptors (Lipinski definition) is 3. The molecule has 1 aromatic rings. The van der Waals surface area contributed by atoms with Crippen LogP contribution in [0.4, 0.5) is 4.79 Å². The summed E-state index contributed by atoms with van der Waals surface area (Å²) in [6.45, 7) is 6.21.